The summed E-state index contributed by atoms with van der Waals surface area (Å²) in [7, 11) is 0. The Labute approximate surface area is 128 Å². The minimum Gasteiger partial charge on any atom is -0.491 e. The van der Waals surface area contributed by atoms with Crippen molar-refractivity contribution in [3.8, 4) is 5.75 Å². The number of hydrogen-bond acceptors (Lipinski definition) is 3. The molecule has 0 aliphatic carbocycles. The van der Waals surface area contributed by atoms with Gasteiger partial charge in [0, 0.05) is 12.6 Å². The number of benzene rings is 1. The second-order valence-corrected chi connectivity index (χ2v) is 6.50. The Hall–Kier alpha value is -1.06. The van der Waals surface area contributed by atoms with Crippen LogP contribution in [-0.2, 0) is 0 Å². The summed E-state index contributed by atoms with van der Waals surface area (Å²) in [6, 6.07) is 8.69. The molecule has 1 saturated heterocycles. The molecule has 0 bridgehead atoms. The van der Waals surface area contributed by atoms with Crippen molar-refractivity contribution in [2.24, 2.45) is 0 Å². The lowest BCUT2D eigenvalue weighted by atomic mass is 10.0. The van der Waals surface area contributed by atoms with E-state index in [1.54, 1.807) is 0 Å². The van der Waals surface area contributed by atoms with Crippen molar-refractivity contribution in [2.75, 3.05) is 19.7 Å². The van der Waals surface area contributed by atoms with E-state index in [1.807, 2.05) is 18.2 Å². The zero-order valence-electron chi connectivity index (χ0n) is 13.6. The molecule has 0 unspecified atom stereocenters. The number of likely N-dealkylation sites (tertiary alicyclic amines) is 1. The number of aliphatic hydroxyl groups is 1. The second-order valence-electron chi connectivity index (χ2n) is 6.50. The van der Waals surface area contributed by atoms with Crippen LogP contribution in [0.5, 0.6) is 5.75 Å². The van der Waals surface area contributed by atoms with Crippen molar-refractivity contribution in [1.29, 1.82) is 0 Å². The number of rotatable bonds is 6. The third-order valence-corrected chi connectivity index (χ3v) is 4.36. The van der Waals surface area contributed by atoms with Gasteiger partial charge in [-0.25, -0.2) is 0 Å². The molecule has 2 atom stereocenters. The first-order valence-corrected chi connectivity index (χ1v) is 8.21. The van der Waals surface area contributed by atoms with Crippen LogP contribution in [0.1, 0.15) is 51.5 Å². The van der Waals surface area contributed by atoms with Crippen molar-refractivity contribution in [3.05, 3.63) is 29.8 Å². The van der Waals surface area contributed by atoms with Crippen LogP contribution in [-0.4, -0.2) is 41.8 Å². The van der Waals surface area contributed by atoms with Gasteiger partial charge in [-0.1, -0.05) is 38.5 Å². The summed E-state index contributed by atoms with van der Waals surface area (Å²) in [5, 5.41) is 10.2. The van der Waals surface area contributed by atoms with Crippen molar-refractivity contribution < 1.29 is 9.84 Å². The van der Waals surface area contributed by atoms with E-state index in [9.17, 15) is 5.11 Å². The van der Waals surface area contributed by atoms with E-state index in [0.29, 0.717) is 25.1 Å². The number of ether oxygens (including phenoxy) is 1. The molecule has 3 heteroatoms. The Kier molecular flexibility index (Phi) is 6.07. The summed E-state index contributed by atoms with van der Waals surface area (Å²) in [5.41, 5.74) is 1.20. The van der Waals surface area contributed by atoms with Crippen molar-refractivity contribution in [2.45, 2.75) is 58.1 Å². The molecule has 0 saturated carbocycles. The SMILES string of the molecule is CC(C)c1ccccc1OC[C@H](O)CN1CCCC[C@@H]1C. The van der Waals surface area contributed by atoms with Gasteiger partial charge in [-0.3, -0.25) is 4.90 Å². The number of piperidine rings is 1. The van der Waals surface area contributed by atoms with Crippen LogP contribution in [0.15, 0.2) is 24.3 Å². The monoisotopic (exact) mass is 291 g/mol. The summed E-state index contributed by atoms with van der Waals surface area (Å²) in [4.78, 5) is 2.38. The van der Waals surface area contributed by atoms with E-state index in [1.165, 1.54) is 24.8 Å². The van der Waals surface area contributed by atoms with Crippen molar-refractivity contribution in [3.63, 3.8) is 0 Å². The Morgan fingerprint density at radius 1 is 1.29 bits per heavy atom. The predicted octanol–water partition coefficient (Wildman–Crippen LogP) is 3.42. The van der Waals surface area contributed by atoms with E-state index >= 15 is 0 Å². The smallest absolute Gasteiger partial charge is 0.122 e. The molecule has 0 aromatic heterocycles. The van der Waals surface area contributed by atoms with Gasteiger partial charge in [-0.2, -0.15) is 0 Å². The van der Waals surface area contributed by atoms with Gasteiger partial charge in [-0.05, 0) is 43.9 Å². The van der Waals surface area contributed by atoms with Crippen LogP contribution >= 0.6 is 0 Å². The fraction of sp³-hybridized carbons (Fsp3) is 0.667. The molecule has 2 rings (SSSR count). The van der Waals surface area contributed by atoms with Gasteiger partial charge >= 0.3 is 0 Å². The highest BCUT2D eigenvalue weighted by molar-refractivity contribution is 5.35. The maximum Gasteiger partial charge on any atom is 0.122 e. The first kappa shape index (κ1) is 16.3. The molecular weight excluding hydrogens is 262 g/mol. The van der Waals surface area contributed by atoms with Crippen LogP contribution in [0.25, 0.3) is 0 Å². The minimum absolute atomic E-state index is 0.368. The lowest BCUT2D eigenvalue weighted by Gasteiger charge is -2.34. The van der Waals surface area contributed by atoms with Crippen LogP contribution in [0.3, 0.4) is 0 Å². The Morgan fingerprint density at radius 3 is 2.76 bits per heavy atom. The molecular formula is C18H29NO2. The van der Waals surface area contributed by atoms with Gasteiger partial charge in [0.1, 0.15) is 18.5 Å². The van der Waals surface area contributed by atoms with E-state index in [4.69, 9.17) is 4.74 Å². The molecule has 0 amide bonds. The number of para-hydroxylation sites is 1. The molecule has 21 heavy (non-hydrogen) atoms. The second kappa shape index (κ2) is 7.81. The van der Waals surface area contributed by atoms with E-state index in [-0.39, 0.29) is 0 Å². The van der Waals surface area contributed by atoms with Crippen LogP contribution < -0.4 is 4.74 Å². The summed E-state index contributed by atoms with van der Waals surface area (Å²) >= 11 is 0. The molecule has 3 nitrogen and oxygen atoms in total. The van der Waals surface area contributed by atoms with Gasteiger partial charge in [0.05, 0.1) is 0 Å². The molecule has 0 radical (unpaired) electrons. The highest BCUT2D eigenvalue weighted by Gasteiger charge is 2.21. The molecule has 1 heterocycles. The maximum atomic E-state index is 10.2. The third kappa shape index (κ3) is 4.72. The first-order chi connectivity index (χ1) is 10.1. The first-order valence-electron chi connectivity index (χ1n) is 8.21. The minimum atomic E-state index is -0.425. The number of hydrogen-bond donors (Lipinski definition) is 1. The summed E-state index contributed by atoms with van der Waals surface area (Å²) in [5.74, 6) is 1.33. The molecule has 118 valence electrons. The van der Waals surface area contributed by atoms with Crippen LogP contribution in [0.2, 0.25) is 0 Å². The fourth-order valence-electron chi connectivity index (χ4n) is 3.03. The zero-order valence-corrected chi connectivity index (χ0v) is 13.6. The molecule has 0 spiro atoms. The van der Waals surface area contributed by atoms with Crippen molar-refractivity contribution >= 4 is 0 Å². The topological polar surface area (TPSA) is 32.7 Å². The standard InChI is InChI=1S/C18H29NO2/c1-14(2)17-9-4-5-10-18(17)21-13-16(20)12-19-11-7-6-8-15(19)3/h4-5,9-10,14-16,20H,6-8,11-13H2,1-3H3/t15-,16+/m0/s1. The van der Waals surface area contributed by atoms with Crippen molar-refractivity contribution in [1.82, 2.24) is 4.90 Å². The number of β-amino-alcohol motifs (C(OH)–C–C–N with tert-alkyl or cyclic N) is 1. The van der Waals surface area contributed by atoms with Crippen LogP contribution in [0.4, 0.5) is 0 Å². The normalized spacial score (nSPS) is 21.5. The van der Waals surface area contributed by atoms with E-state index in [2.05, 4.69) is 31.7 Å². The molecule has 1 N–H and O–H groups in total. The van der Waals surface area contributed by atoms with E-state index < -0.39 is 6.10 Å². The Balaban J connectivity index is 1.85. The molecule has 1 aromatic carbocycles. The lowest BCUT2D eigenvalue weighted by Crippen LogP contribution is -2.43. The van der Waals surface area contributed by atoms with Gasteiger partial charge in [-0.15, -0.1) is 0 Å². The summed E-state index contributed by atoms with van der Waals surface area (Å²) < 4.78 is 5.86. The maximum absolute atomic E-state index is 10.2. The molecule has 1 fully saturated rings. The summed E-state index contributed by atoms with van der Waals surface area (Å²) in [6.07, 6.45) is 3.37. The molecule has 1 aliphatic rings. The third-order valence-electron chi connectivity index (χ3n) is 4.36. The average Bonchev–Trinajstić information content (AvgIpc) is 2.48. The largest absolute Gasteiger partial charge is 0.491 e. The van der Waals surface area contributed by atoms with Gasteiger partial charge in [0.25, 0.3) is 0 Å². The number of nitrogens with zero attached hydrogens (tertiary/aromatic N) is 1. The predicted molar refractivity (Wildman–Crippen MR) is 86.9 cm³/mol. The highest BCUT2D eigenvalue weighted by Crippen LogP contribution is 2.26. The Morgan fingerprint density at radius 2 is 2.05 bits per heavy atom. The van der Waals surface area contributed by atoms with Gasteiger partial charge in [0.15, 0.2) is 0 Å². The Bertz CT molecular complexity index is 433. The zero-order chi connectivity index (χ0) is 15.2. The van der Waals surface area contributed by atoms with E-state index in [0.717, 1.165) is 12.3 Å². The fourth-order valence-corrected chi connectivity index (χ4v) is 3.03. The van der Waals surface area contributed by atoms with Gasteiger partial charge < -0.3 is 9.84 Å². The molecule has 1 aliphatic heterocycles. The number of aliphatic hydroxyl groups excluding tert-OH is 1. The van der Waals surface area contributed by atoms with Gasteiger partial charge in [0.2, 0.25) is 0 Å². The lowest BCUT2D eigenvalue weighted by molar-refractivity contribution is 0.0435. The van der Waals surface area contributed by atoms with Crippen LogP contribution in [0, 0.1) is 0 Å². The average molecular weight is 291 g/mol. The quantitative estimate of drug-likeness (QED) is 0.871. The highest BCUT2D eigenvalue weighted by atomic mass is 16.5. The molecule has 1 aromatic rings. The summed E-state index contributed by atoms with van der Waals surface area (Å²) in [6.45, 7) is 8.75.